The lowest BCUT2D eigenvalue weighted by Crippen LogP contribution is -2.31. The highest BCUT2D eigenvalue weighted by molar-refractivity contribution is 6.05. The summed E-state index contributed by atoms with van der Waals surface area (Å²) in [5, 5.41) is 3.26. The quantitative estimate of drug-likeness (QED) is 0.673. The van der Waals surface area contributed by atoms with E-state index in [1.807, 2.05) is 65.0 Å². The largest absolute Gasteiger partial charge is 0.324 e. The Morgan fingerprint density at radius 2 is 1.71 bits per heavy atom. The van der Waals surface area contributed by atoms with Crippen LogP contribution in [-0.4, -0.2) is 22.4 Å². The Bertz CT molecular complexity index is 1010. The van der Waals surface area contributed by atoms with Crippen LogP contribution in [0.1, 0.15) is 39.8 Å². The van der Waals surface area contributed by atoms with Gasteiger partial charge in [0.05, 0.1) is 0 Å². The highest BCUT2D eigenvalue weighted by Crippen LogP contribution is 2.22. The topological polar surface area (TPSA) is 58.1 Å². The lowest BCUT2D eigenvalue weighted by Gasteiger charge is -2.21. The van der Waals surface area contributed by atoms with Crippen molar-refractivity contribution in [3.05, 3.63) is 76.6 Å². The summed E-state index contributed by atoms with van der Waals surface area (Å²) in [5.41, 5.74) is 6.28. The van der Waals surface area contributed by atoms with Crippen LogP contribution in [-0.2, 0) is 0 Å². The Hall–Kier alpha value is -3.21. The van der Waals surface area contributed by atoms with Crippen LogP contribution in [0.5, 0.6) is 0 Å². The van der Waals surface area contributed by atoms with Crippen LogP contribution in [0, 0.1) is 27.7 Å². The number of carbonyl (C=O) groups is 1. The Kier molecular flexibility index (Phi) is 5.73. The summed E-state index contributed by atoms with van der Waals surface area (Å²) < 4.78 is 0. The molecule has 0 saturated carbocycles. The Balaban J connectivity index is 1.93. The van der Waals surface area contributed by atoms with Crippen molar-refractivity contribution >= 4 is 23.2 Å². The molecule has 0 aliphatic rings. The molecule has 3 rings (SSSR count). The second kappa shape index (κ2) is 8.21. The van der Waals surface area contributed by atoms with E-state index in [9.17, 15) is 4.79 Å². The van der Waals surface area contributed by atoms with Crippen LogP contribution < -0.4 is 10.2 Å². The van der Waals surface area contributed by atoms with E-state index >= 15 is 0 Å². The zero-order chi connectivity index (χ0) is 20.3. The summed E-state index contributed by atoms with van der Waals surface area (Å²) in [7, 11) is 0. The maximum Gasteiger partial charge on any atom is 0.277 e. The fraction of sp³-hybridized carbons (Fsp3) is 0.261. The summed E-state index contributed by atoms with van der Waals surface area (Å²) in [6.45, 7) is 10.5. The number of rotatable bonds is 5. The standard InChI is InChI=1S/C23H26N4O/c1-6-27(19-9-7-8-15(2)12-19)22(28)21-14-18(5)24-23(26-21)25-20-13-16(3)10-11-17(20)4/h7-14H,6H2,1-5H3,(H,24,25,26). The van der Waals surface area contributed by atoms with E-state index in [1.165, 1.54) is 0 Å². The van der Waals surface area contributed by atoms with Crippen LogP contribution in [0.3, 0.4) is 0 Å². The summed E-state index contributed by atoms with van der Waals surface area (Å²) >= 11 is 0. The third-order valence-corrected chi connectivity index (χ3v) is 4.59. The van der Waals surface area contributed by atoms with Crippen LogP contribution in [0.4, 0.5) is 17.3 Å². The molecule has 0 radical (unpaired) electrons. The van der Waals surface area contributed by atoms with E-state index in [1.54, 1.807) is 11.0 Å². The highest BCUT2D eigenvalue weighted by Gasteiger charge is 2.19. The van der Waals surface area contributed by atoms with Crippen molar-refractivity contribution < 1.29 is 4.79 Å². The van der Waals surface area contributed by atoms with Gasteiger partial charge in [0.15, 0.2) is 0 Å². The van der Waals surface area contributed by atoms with E-state index in [4.69, 9.17) is 0 Å². The van der Waals surface area contributed by atoms with Gasteiger partial charge in [-0.15, -0.1) is 0 Å². The second-order valence-corrected chi connectivity index (χ2v) is 7.05. The fourth-order valence-electron chi connectivity index (χ4n) is 3.10. The second-order valence-electron chi connectivity index (χ2n) is 7.05. The van der Waals surface area contributed by atoms with E-state index in [-0.39, 0.29) is 5.91 Å². The molecule has 0 atom stereocenters. The average Bonchev–Trinajstić information content (AvgIpc) is 2.65. The van der Waals surface area contributed by atoms with Gasteiger partial charge < -0.3 is 10.2 Å². The molecule has 0 aliphatic heterocycles. The number of carbonyl (C=O) groups excluding carboxylic acids is 1. The summed E-state index contributed by atoms with van der Waals surface area (Å²) in [6.07, 6.45) is 0. The van der Waals surface area contributed by atoms with Gasteiger partial charge in [-0.05, 0) is 75.6 Å². The summed E-state index contributed by atoms with van der Waals surface area (Å²) in [5.74, 6) is 0.292. The molecule has 2 aromatic carbocycles. The molecule has 0 fully saturated rings. The van der Waals surface area contributed by atoms with Crippen molar-refractivity contribution in [2.24, 2.45) is 0 Å². The van der Waals surface area contributed by atoms with Crippen LogP contribution in [0.15, 0.2) is 48.5 Å². The molecule has 5 heteroatoms. The predicted molar refractivity (Wildman–Crippen MR) is 114 cm³/mol. The van der Waals surface area contributed by atoms with Crippen LogP contribution in [0.25, 0.3) is 0 Å². The van der Waals surface area contributed by atoms with Crippen molar-refractivity contribution in [1.82, 2.24) is 9.97 Å². The molecule has 0 unspecified atom stereocenters. The van der Waals surface area contributed by atoms with E-state index < -0.39 is 0 Å². The van der Waals surface area contributed by atoms with Gasteiger partial charge in [0, 0.05) is 23.6 Å². The third kappa shape index (κ3) is 4.36. The molecule has 144 valence electrons. The first kappa shape index (κ1) is 19.5. The SMILES string of the molecule is CCN(C(=O)c1cc(C)nc(Nc2cc(C)ccc2C)n1)c1cccc(C)c1. The van der Waals surface area contributed by atoms with Gasteiger partial charge in [-0.25, -0.2) is 9.97 Å². The molecule has 0 bridgehead atoms. The first-order valence-corrected chi connectivity index (χ1v) is 9.46. The molecule has 0 aliphatic carbocycles. The lowest BCUT2D eigenvalue weighted by atomic mass is 10.1. The zero-order valence-corrected chi connectivity index (χ0v) is 17.1. The third-order valence-electron chi connectivity index (χ3n) is 4.59. The van der Waals surface area contributed by atoms with Gasteiger partial charge in [-0.3, -0.25) is 4.79 Å². The van der Waals surface area contributed by atoms with Crippen LogP contribution >= 0.6 is 0 Å². The molecule has 1 N–H and O–H groups in total. The highest BCUT2D eigenvalue weighted by atomic mass is 16.2. The van der Waals surface area contributed by atoms with E-state index in [0.29, 0.717) is 18.2 Å². The Morgan fingerprint density at radius 1 is 0.964 bits per heavy atom. The van der Waals surface area contributed by atoms with Crippen molar-refractivity contribution in [3.8, 4) is 0 Å². The van der Waals surface area contributed by atoms with Gasteiger partial charge in [-0.2, -0.15) is 0 Å². The number of benzene rings is 2. The van der Waals surface area contributed by atoms with Crippen molar-refractivity contribution in [2.75, 3.05) is 16.8 Å². The first-order valence-electron chi connectivity index (χ1n) is 9.46. The van der Waals surface area contributed by atoms with Gasteiger partial charge in [0.25, 0.3) is 5.91 Å². The number of aryl methyl sites for hydroxylation is 4. The van der Waals surface area contributed by atoms with Crippen molar-refractivity contribution in [3.63, 3.8) is 0 Å². The molecule has 5 nitrogen and oxygen atoms in total. The zero-order valence-electron chi connectivity index (χ0n) is 17.1. The molecule has 1 heterocycles. The fourth-order valence-corrected chi connectivity index (χ4v) is 3.10. The Labute approximate surface area is 166 Å². The molecular formula is C23H26N4O. The number of aromatic nitrogens is 2. The van der Waals surface area contributed by atoms with Gasteiger partial charge in [0.1, 0.15) is 5.69 Å². The van der Waals surface area contributed by atoms with Gasteiger partial charge >= 0.3 is 0 Å². The molecule has 0 spiro atoms. The monoisotopic (exact) mass is 374 g/mol. The number of nitrogens with one attached hydrogen (secondary N) is 1. The first-order chi connectivity index (χ1) is 13.4. The predicted octanol–water partition coefficient (Wildman–Crippen LogP) is 5.12. The van der Waals surface area contributed by atoms with E-state index in [2.05, 4.69) is 27.4 Å². The molecule has 1 amide bonds. The minimum Gasteiger partial charge on any atom is -0.324 e. The Morgan fingerprint density at radius 3 is 2.43 bits per heavy atom. The van der Waals surface area contributed by atoms with Gasteiger partial charge in [-0.1, -0.05) is 24.3 Å². The summed E-state index contributed by atoms with van der Waals surface area (Å²) in [4.78, 5) is 23.9. The van der Waals surface area contributed by atoms with Crippen molar-refractivity contribution in [2.45, 2.75) is 34.6 Å². The maximum absolute atomic E-state index is 13.2. The number of hydrogen-bond acceptors (Lipinski definition) is 4. The molecule has 1 aromatic heterocycles. The average molecular weight is 374 g/mol. The molecular weight excluding hydrogens is 348 g/mol. The number of nitrogens with zero attached hydrogens (tertiary/aromatic N) is 3. The molecule has 3 aromatic rings. The van der Waals surface area contributed by atoms with Crippen molar-refractivity contribution in [1.29, 1.82) is 0 Å². The minimum atomic E-state index is -0.136. The van der Waals surface area contributed by atoms with Crippen LogP contribution in [0.2, 0.25) is 0 Å². The molecule has 0 saturated heterocycles. The van der Waals surface area contributed by atoms with E-state index in [0.717, 1.165) is 33.8 Å². The molecule has 28 heavy (non-hydrogen) atoms. The maximum atomic E-state index is 13.2. The van der Waals surface area contributed by atoms with Gasteiger partial charge in [0.2, 0.25) is 5.95 Å². The number of anilines is 3. The lowest BCUT2D eigenvalue weighted by molar-refractivity contribution is 0.0983. The number of hydrogen-bond donors (Lipinski definition) is 1. The number of amides is 1. The normalized spacial score (nSPS) is 10.6. The minimum absolute atomic E-state index is 0.136. The summed E-state index contributed by atoms with van der Waals surface area (Å²) in [6, 6.07) is 15.8. The smallest absolute Gasteiger partial charge is 0.277 e.